The van der Waals surface area contributed by atoms with Crippen LogP contribution in [0.5, 0.6) is 0 Å². The van der Waals surface area contributed by atoms with Crippen molar-refractivity contribution in [3.05, 3.63) is 23.0 Å². The number of thiazole rings is 1. The van der Waals surface area contributed by atoms with Gasteiger partial charge in [0.2, 0.25) is 0 Å². The lowest BCUT2D eigenvalue weighted by Crippen LogP contribution is -2.36. The van der Waals surface area contributed by atoms with E-state index >= 15 is 0 Å². The first-order valence-electron chi connectivity index (χ1n) is 5.65. The summed E-state index contributed by atoms with van der Waals surface area (Å²) in [6, 6.07) is 0. The van der Waals surface area contributed by atoms with Crippen molar-refractivity contribution < 1.29 is 9.53 Å². The average molecular weight is 251 g/mol. The van der Waals surface area contributed by atoms with Gasteiger partial charge in [-0.2, -0.15) is 0 Å². The van der Waals surface area contributed by atoms with E-state index in [-0.39, 0.29) is 6.09 Å². The van der Waals surface area contributed by atoms with Crippen molar-refractivity contribution in [3.63, 3.8) is 0 Å². The summed E-state index contributed by atoms with van der Waals surface area (Å²) in [6.07, 6.45) is 4.43. The van der Waals surface area contributed by atoms with E-state index in [0.717, 1.165) is 17.9 Å². The molecular formula is C11H13N3O2S. The molecule has 0 spiro atoms. The number of hydrogen-bond donors (Lipinski definition) is 0. The van der Waals surface area contributed by atoms with Crippen molar-refractivity contribution in [2.24, 2.45) is 0 Å². The fraction of sp³-hybridized carbons (Fsp3) is 0.455. The molecule has 3 rings (SSSR count). The van der Waals surface area contributed by atoms with E-state index in [0.29, 0.717) is 13.2 Å². The molecule has 3 heterocycles. The van der Waals surface area contributed by atoms with Crippen LogP contribution < -0.4 is 0 Å². The van der Waals surface area contributed by atoms with Gasteiger partial charge in [-0.05, 0) is 6.92 Å². The summed E-state index contributed by atoms with van der Waals surface area (Å²) < 4.78 is 7.13. The maximum Gasteiger partial charge on any atom is 0.410 e. The molecule has 0 unspecified atom stereocenters. The van der Waals surface area contributed by atoms with Crippen LogP contribution in [0.1, 0.15) is 17.5 Å². The quantitative estimate of drug-likeness (QED) is 0.777. The second-order valence-corrected chi connectivity index (χ2v) is 4.98. The third-order valence-electron chi connectivity index (χ3n) is 2.91. The molecule has 90 valence electrons. The zero-order valence-corrected chi connectivity index (χ0v) is 10.4. The predicted octanol–water partition coefficient (Wildman–Crippen LogP) is 1.91. The third-order valence-corrected chi connectivity index (χ3v) is 4.01. The van der Waals surface area contributed by atoms with Gasteiger partial charge in [-0.1, -0.05) is 11.3 Å². The van der Waals surface area contributed by atoms with Gasteiger partial charge in [0.15, 0.2) is 4.96 Å². The van der Waals surface area contributed by atoms with Gasteiger partial charge in [0, 0.05) is 35.9 Å². The minimum absolute atomic E-state index is 0.218. The lowest BCUT2D eigenvalue weighted by Gasteiger charge is -2.25. The molecule has 2 aromatic rings. The molecule has 5 nitrogen and oxygen atoms in total. The molecule has 0 fully saturated rings. The molecule has 0 aromatic carbocycles. The summed E-state index contributed by atoms with van der Waals surface area (Å²) in [4.78, 5) is 19.9. The van der Waals surface area contributed by atoms with Crippen LogP contribution in [0.3, 0.4) is 0 Å². The van der Waals surface area contributed by atoms with E-state index in [2.05, 4.69) is 9.38 Å². The molecule has 17 heavy (non-hydrogen) atoms. The standard InChI is InChI=1S/C11H13N3O2S/c1-2-16-11(15)13-5-3-8-9(7-13)17-10-12-4-6-14(8)10/h4,6H,2-3,5,7H2,1H3. The van der Waals surface area contributed by atoms with Crippen LogP contribution in [0.4, 0.5) is 4.79 Å². The lowest BCUT2D eigenvalue weighted by atomic mass is 10.2. The topological polar surface area (TPSA) is 46.8 Å². The molecule has 0 radical (unpaired) electrons. The number of hydrogen-bond acceptors (Lipinski definition) is 4. The molecule has 0 saturated heterocycles. The maximum absolute atomic E-state index is 11.6. The molecule has 0 N–H and O–H groups in total. The van der Waals surface area contributed by atoms with Crippen LogP contribution in [0.2, 0.25) is 0 Å². The Morgan fingerprint density at radius 3 is 3.35 bits per heavy atom. The molecule has 1 aliphatic heterocycles. The molecule has 0 atom stereocenters. The zero-order valence-electron chi connectivity index (χ0n) is 9.55. The van der Waals surface area contributed by atoms with Gasteiger partial charge >= 0.3 is 6.09 Å². The molecular weight excluding hydrogens is 238 g/mol. The van der Waals surface area contributed by atoms with E-state index < -0.39 is 0 Å². The van der Waals surface area contributed by atoms with Crippen LogP contribution in [0.15, 0.2) is 12.4 Å². The van der Waals surface area contributed by atoms with E-state index in [1.807, 2.05) is 19.3 Å². The number of nitrogens with zero attached hydrogens (tertiary/aromatic N) is 3. The normalized spacial score (nSPS) is 15.0. The van der Waals surface area contributed by atoms with Gasteiger partial charge in [-0.15, -0.1) is 0 Å². The molecule has 0 aliphatic carbocycles. The number of ether oxygens (including phenoxy) is 1. The summed E-state index contributed by atoms with van der Waals surface area (Å²) in [7, 11) is 0. The number of imidazole rings is 1. The van der Waals surface area contributed by atoms with Crippen molar-refractivity contribution >= 4 is 22.4 Å². The first kappa shape index (κ1) is 10.6. The third kappa shape index (κ3) is 1.68. The number of carbonyl (C=O) groups is 1. The number of rotatable bonds is 1. The lowest BCUT2D eigenvalue weighted by molar-refractivity contribution is 0.103. The van der Waals surface area contributed by atoms with Gasteiger partial charge in [0.1, 0.15) is 0 Å². The van der Waals surface area contributed by atoms with Gasteiger partial charge < -0.3 is 9.64 Å². The van der Waals surface area contributed by atoms with E-state index in [4.69, 9.17) is 4.74 Å². The SMILES string of the molecule is CCOC(=O)N1CCc2c(sc3nccn23)C1. The highest BCUT2D eigenvalue weighted by atomic mass is 32.1. The highest BCUT2D eigenvalue weighted by Crippen LogP contribution is 2.28. The van der Waals surface area contributed by atoms with Crippen LogP contribution >= 0.6 is 11.3 Å². The second kappa shape index (κ2) is 4.03. The van der Waals surface area contributed by atoms with E-state index in [1.54, 1.807) is 16.2 Å². The van der Waals surface area contributed by atoms with Crippen molar-refractivity contribution in [1.29, 1.82) is 0 Å². The zero-order chi connectivity index (χ0) is 11.8. The van der Waals surface area contributed by atoms with Gasteiger partial charge in [0.05, 0.1) is 13.2 Å². The van der Waals surface area contributed by atoms with Crippen molar-refractivity contribution in [3.8, 4) is 0 Å². The Hall–Kier alpha value is -1.56. The molecule has 6 heteroatoms. The number of amides is 1. The fourth-order valence-corrected chi connectivity index (χ4v) is 3.26. The van der Waals surface area contributed by atoms with Crippen LogP contribution in [-0.2, 0) is 17.7 Å². The van der Waals surface area contributed by atoms with Gasteiger partial charge in [0.25, 0.3) is 0 Å². The maximum atomic E-state index is 11.6. The van der Waals surface area contributed by atoms with Crippen molar-refractivity contribution in [1.82, 2.24) is 14.3 Å². The predicted molar refractivity (Wildman–Crippen MR) is 64.2 cm³/mol. The molecule has 2 aromatic heterocycles. The van der Waals surface area contributed by atoms with Gasteiger partial charge in [-0.25, -0.2) is 9.78 Å². The Labute approximate surface area is 103 Å². The molecule has 1 amide bonds. The number of carbonyl (C=O) groups excluding carboxylic acids is 1. The summed E-state index contributed by atoms with van der Waals surface area (Å²) in [5.74, 6) is 0. The Balaban J connectivity index is 1.87. The van der Waals surface area contributed by atoms with Gasteiger partial charge in [-0.3, -0.25) is 4.40 Å². The van der Waals surface area contributed by atoms with Crippen LogP contribution in [0, 0.1) is 0 Å². The molecule has 1 aliphatic rings. The number of fused-ring (bicyclic) bond motifs is 3. The average Bonchev–Trinajstić information content (AvgIpc) is 2.88. The summed E-state index contributed by atoms with van der Waals surface area (Å²) in [6.45, 7) is 3.61. The summed E-state index contributed by atoms with van der Waals surface area (Å²) >= 11 is 1.65. The Morgan fingerprint density at radius 2 is 2.53 bits per heavy atom. The largest absolute Gasteiger partial charge is 0.450 e. The highest BCUT2D eigenvalue weighted by molar-refractivity contribution is 7.17. The second-order valence-electron chi connectivity index (χ2n) is 3.92. The Bertz CT molecular complexity index is 560. The number of aromatic nitrogens is 2. The minimum Gasteiger partial charge on any atom is -0.450 e. The summed E-state index contributed by atoms with van der Waals surface area (Å²) in [5.41, 5.74) is 1.28. The first-order valence-corrected chi connectivity index (χ1v) is 6.46. The molecule has 0 saturated carbocycles. The first-order chi connectivity index (χ1) is 8.29. The van der Waals surface area contributed by atoms with E-state index in [9.17, 15) is 4.79 Å². The van der Waals surface area contributed by atoms with Crippen LogP contribution in [0.25, 0.3) is 4.96 Å². The smallest absolute Gasteiger partial charge is 0.410 e. The van der Waals surface area contributed by atoms with Crippen LogP contribution in [-0.4, -0.2) is 33.5 Å². The highest BCUT2D eigenvalue weighted by Gasteiger charge is 2.25. The fourth-order valence-electron chi connectivity index (χ4n) is 2.12. The summed E-state index contributed by atoms with van der Waals surface area (Å²) in [5, 5.41) is 0. The minimum atomic E-state index is -0.218. The van der Waals surface area contributed by atoms with Crippen molar-refractivity contribution in [2.75, 3.05) is 13.2 Å². The van der Waals surface area contributed by atoms with Crippen molar-refractivity contribution in [2.45, 2.75) is 19.9 Å². The Kier molecular flexibility index (Phi) is 2.51. The Morgan fingerprint density at radius 1 is 1.65 bits per heavy atom. The molecule has 0 bridgehead atoms. The monoisotopic (exact) mass is 251 g/mol. The van der Waals surface area contributed by atoms with E-state index in [1.165, 1.54) is 10.6 Å².